The Labute approximate surface area is 119 Å². The molecule has 0 bridgehead atoms. The summed E-state index contributed by atoms with van der Waals surface area (Å²) in [6.07, 6.45) is 1.65. The van der Waals surface area contributed by atoms with Crippen LogP contribution in [0.5, 0.6) is 0 Å². The van der Waals surface area contributed by atoms with Crippen LogP contribution in [0.2, 0.25) is 0 Å². The van der Waals surface area contributed by atoms with Crippen LogP contribution < -0.4 is 11.1 Å². The zero-order valence-electron chi connectivity index (χ0n) is 10.4. The molecule has 0 aliphatic heterocycles. The SMILES string of the molecule is CC(NC(=O)c1cc(N)cc(Br)c1)(C(=O)O)C1CC1. The minimum Gasteiger partial charge on any atom is -0.480 e. The average molecular weight is 327 g/mol. The molecule has 0 radical (unpaired) electrons. The number of hydrogen-bond acceptors (Lipinski definition) is 3. The predicted molar refractivity (Wildman–Crippen MR) is 74.8 cm³/mol. The zero-order valence-corrected chi connectivity index (χ0v) is 12.0. The van der Waals surface area contributed by atoms with Crippen molar-refractivity contribution in [2.45, 2.75) is 25.3 Å². The van der Waals surface area contributed by atoms with Gasteiger partial charge in [-0.2, -0.15) is 0 Å². The number of halogens is 1. The number of nitrogens with two attached hydrogens (primary N) is 1. The molecule has 4 N–H and O–H groups in total. The first-order valence-electron chi connectivity index (χ1n) is 5.95. The van der Waals surface area contributed by atoms with Gasteiger partial charge in [-0.3, -0.25) is 4.79 Å². The molecule has 0 heterocycles. The lowest BCUT2D eigenvalue weighted by molar-refractivity contribution is -0.144. The minimum atomic E-state index is -1.21. The Kier molecular flexibility index (Phi) is 3.54. The van der Waals surface area contributed by atoms with E-state index in [1.165, 1.54) is 6.07 Å². The maximum atomic E-state index is 12.2. The van der Waals surface area contributed by atoms with E-state index in [1.54, 1.807) is 19.1 Å². The molecule has 0 aromatic heterocycles. The Morgan fingerprint density at radius 3 is 2.53 bits per heavy atom. The van der Waals surface area contributed by atoms with E-state index in [1.807, 2.05) is 0 Å². The molecule has 6 heteroatoms. The first-order valence-corrected chi connectivity index (χ1v) is 6.74. The number of rotatable bonds is 4. The Morgan fingerprint density at radius 2 is 2.05 bits per heavy atom. The molecule has 1 fully saturated rings. The molecule has 102 valence electrons. The van der Waals surface area contributed by atoms with Gasteiger partial charge >= 0.3 is 5.97 Å². The number of nitrogen functional groups attached to an aromatic ring is 1. The quantitative estimate of drug-likeness (QED) is 0.738. The third kappa shape index (κ3) is 2.89. The smallest absolute Gasteiger partial charge is 0.329 e. The first-order chi connectivity index (χ1) is 8.83. The molecule has 1 unspecified atom stereocenters. The van der Waals surface area contributed by atoms with Crippen molar-refractivity contribution in [2.24, 2.45) is 5.92 Å². The number of carboxylic acids is 1. The predicted octanol–water partition coefficient (Wildman–Crippen LogP) is 2.01. The number of anilines is 1. The fourth-order valence-corrected chi connectivity index (χ4v) is 2.55. The van der Waals surface area contributed by atoms with Crippen LogP contribution in [0.3, 0.4) is 0 Å². The largest absolute Gasteiger partial charge is 0.480 e. The molecule has 1 aliphatic carbocycles. The first kappa shape index (κ1) is 13.9. The highest BCUT2D eigenvalue weighted by Crippen LogP contribution is 2.39. The number of aliphatic carboxylic acids is 1. The summed E-state index contributed by atoms with van der Waals surface area (Å²) in [4.78, 5) is 23.5. The summed E-state index contributed by atoms with van der Waals surface area (Å²) in [6.45, 7) is 1.55. The van der Waals surface area contributed by atoms with Crippen LogP contribution in [-0.4, -0.2) is 22.5 Å². The van der Waals surface area contributed by atoms with Gasteiger partial charge in [-0.05, 0) is 43.9 Å². The second kappa shape index (κ2) is 4.85. The Balaban J connectivity index is 2.22. The van der Waals surface area contributed by atoms with Crippen molar-refractivity contribution in [2.75, 3.05) is 5.73 Å². The molecule has 2 rings (SSSR count). The van der Waals surface area contributed by atoms with Crippen LogP contribution in [0.15, 0.2) is 22.7 Å². The highest BCUT2D eigenvalue weighted by Gasteiger charge is 2.48. The number of carbonyl (C=O) groups is 2. The standard InChI is InChI=1S/C13H15BrN2O3/c1-13(12(18)19,8-2-3-8)16-11(17)7-4-9(14)6-10(15)5-7/h4-6,8H,2-3,15H2,1H3,(H,16,17)(H,18,19). The van der Waals surface area contributed by atoms with Crippen LogP contribution >= 0.6 is 15.9 Å². The van der Waals surface area contributed by atoms with Crippen LogP contribution in [-0.2, 0) is 4.79 Å². The normalized spacial score (nSPS) is 17.6. The lowest BCUT2D eigenvalue weighted by Crippen LogP contribution is -2.54. The highest BCUT2D eigenvalue weighted by atomic mass is 79.9. The molecule has 1 atom stereocenters. The van der Waals surface area contributed by atoms with Gasteiger partial charge in [0.05, 0.1) is 0 Å². The number of carboxylic acid groups (broad SMARTS) is 1. The van der Waals surface area contributed by atoms with Crippen molar-refractivity contribution in [1.29, 1.82) is 0 Å². The molecule has 0 saturated heterocycles. The topological polar surface area (TPSA) is 92.4 Å². The highest BCUT2D eigenvalue weighted by molar-refractivity contribution is 9.10. The van der Waals surface area contributed by atoms with E-state index in [9.17, 15) is 14.7 Å². The molecule has 1 aliphatic rings. The Bertz CT molecular complexity index is 522. The van der Waals surface area contributed by atoms with Gasteiger partial charge in [0.2, 0.25) is 0 Å². The van der Waals surface area contributed by atoms with E-state index in [4.69, 9.17) is 5.73 Å². The molecule has 1 aromatic rings. The number of hydrogen-bond donors (Lipinski definition) is 3. The molecule has 1 saturated carbocycles. The summed E-state index contributed by atoms with van der Waals surface area (Å²) in [5, 5.41) is 11.9. The number of amides is 1. The second-order valence-electron chi connectivity index (χ2n) is 5.01. The van der Waals surface area contributed by atoms with E-state index in [-0.39, 0.29) is 5.92 Å². The summed E-state index contributed by atoms with van der Waals surface area (Å²) in [7, 11) is 0. The summed E-state index contributed by atoms with van der Waals surface area (Å²) < 4.78 is 0.682. The third-order valence-electron chi connectivity index (χ3n) is 3.39. The summed E-state index contributed by atoms with van der Waals surface area (Å²) in [6, 6.07) is 4.81. The molecule has 19 heavy (non-hydrogen) atoms. The molecule has 1 aromatic carbocycles. The molecule has 1 amide bonds. The monoisotopic (exact) mass is 326 g/mol. The fraction of sp³-hybridized carbons (Fsp3) is 0.385. The Hall–Kier alpha value is -1.56. The summed E-state index contributed by atoms with van der Waals surface area (Å²) >= 11 is 3.25. The van der Waals surface area contributed by atoms with Gasteiger partial charge in [0.1, 0.15) is 5.54 Å². The van der Waals surface area contributed by atoms with Crippen molar-refractivity contribution in [3.63, 3.8) is 0 Å². The lowest BCUT2D eigenvalue weighted by Gasteiger charge is -2.26. The van der Waals surface area contributed by atoms with E-state index in [2.05, 4.69) is 21.2 Å². The molecule has 0 spiro atoms. The molecular formula is C13H15BrN2O3. The average Bonchev–Trinajstić information content (AvgIpc) is 3.10. The van der Waals surface area contributed by atoms with E-state index >= 15 is 0 Å². The summed E-state index contributed by atoms with van der Waals surface area (Å²) in [5.41, 5.74) is 5.25. The van der Waals surface area contributed by atoms with Crippen molar-refractivity contribution in [3.05, 3.63) is 28.2 Å². The summed E-state index contributed by atoms with van der Waals surface area (Å²) in [5.74, 6) is -1.44. The van der Waals surface area contributed by atoms with Gasteiger partial charge in [0.25, 0.3) is 5.91 Å². The van der Waals surface area contributed by atoms with Crippen LogP contribution in [0.4, 0.5) is 5.69 Å². The van der Waals surface area contributed by atoms with Gasteiger partial charge in [0.15, 0.2) is 0 Å². The molecular weight excluding hydrogens is 312 g/mol. The minimum absolute atomic E-state index is 0.00144. The van der Waals surface area contributed by atoms with Crippen molar-refractivity contribution >= 4 is 33.5 Å². The third-order valence-corrected chi connectivity index (χ3v) is 3.85. The van der Waals surface area contributed by atoms with Crippen molar-refractivity contribution in [1.82, 2.24) is 5.32 Å². The number of benzene rings is 1. The maximum Gasteiger partial charge on any atom is 0.329 e. The number of nitrogens with one attached hydrogen (secondary N) is 1. The fourth-order valence-electron chi connectivity index (χ4n) is 2.04. The van der Waals surface area contributed by atoms with Crippen LogP contribution in [0.25, 0.3) is 0 Å². The van der Waals surface area contributed by atoms with Gasteiger partial charge in [0, 0.05) is 15.7 Å². The van der Waals surface area contributed by atoms with Crippen LogP contribution in [0.1, 0.15) is 30.1 Å². The van der Waals surface area contributed by atoms with E-state index < -0.39 is 17.4 Å². The van der Waals surface area contributed by atoms with Gasteiger partial charge < -0.3 is 16.2 Å². The molecule has 5 nitrogen and oxygen atoms in total. The zero-order chi connectivity index (χ0) is 14.2. The van der Waals surface area contributed by atoms with Crippen molar-refractivity contribution in [3.8, 4) is 0 Å². The van der Waals surface area contributed by atoms with Gasteiger partial charge in [-0.25, -0.2) is 4.79 Å². The lowest BCUT2D eigenvalue weighted by atomic mass is 9.95. The van der Waals surface area contributed by atoms with Gasteiger partial charge in [-0.1, -0.05) is 15.9 Å². The van der Waals surface area contributed by atoms with Gasteiger partial charge in [-0.15, -0.1) is 0 Å². The Morgan fingerprint density at radius 1 is 1.42 bits per heavy atom. The van der Waals surface area contributed by atoms with Crippen molar-refractivity contribution < 1.29 is 14.7 Å². The number of carbonyl (C=O) groups excluding carboxylic acids is 1. The van der Waals surface area contributed by atoms with Crippen LogP contribution in [0, 0.1) is 5.92 Å². The second-order valence-corrected chi connectivity index (χ2v) is 5.92. The van der Waals surface area contributed by atoms with E-state index in [0.717, 1.165) is 12.8 Å². The maximum absolute atomic E-state index is 12.2. The van der Waals surface area contributed by atoms with E-state index in [0.29, 0.717) is 15.7 Å².